The van der Waals surface area contributed by atoms with E-state index in [9.17, 15) is 0 Å². The van der Waals surface area contributed by atoms with E-state index in [4.69, 9.17) is 4.52 Å². The van der Waals surface area contributed by atoms with Crippen molar-refractivity contribution in [1.82, 2.24) is 5.16 Å². The Morgan fingerprint density at radius 1 is 1.33 bits per heavy atom. The van der Waals surface area contributed by atoms with Gasteiger partial charge in [0.15, 0.2) is 5.58 Å². The zero-order valence-electron chi connectivity index (χ0n) is 8.79. The number of halogens is 1. The standard InChI is InChI=1S/C12H14BrNO/c1-2-3-4-8-11-9-6-5-7-10(13)12(9)15-14-11/h5-7H,2-4,8H2,1H3. The second kappa shape index (κ2) is 4.79. The van der Waals surface area contributed by atoms with Crippen molar-refractivity contribution in [3.8, 4) is 0 Å². The Morgan fingerprint density at radius 2 is 2.20 bits per heavy atom. The van der Waals surface area contributed by atoms with Crippen LogP contribution in [0.2, 0.25) is 0 Å². The highest BCUT2D eigenvalue weighted by molar-refractivity contribution is 9.10. The van der Waals surface area contributed by atoms with Crippen molar-refractivity contribution in [3.05, 3.63) is 28.4 Å². The number of aryl methyl sites for hydroxylation is 1. The molecule has 0 atom stereocenters. The van der Waals surface area contributed by atoms with Crippen molar-refractivity contribution < 1.29 is 4.52 Å². The van der Waals surface area contributed by atoms with Gasteiger partial charge in [-0.15, -0.1) is 0 Å². The van der Waals surface area contributed by atoms with Gasteiger partial charge in [-0.2, -0.15) is 0 Å². The lowest BCUT2D eigenvalue weighted by atomic mass is 10.1. The number of benzene rings is 1. The highest BCUT2D eigenvalue weighted by atomic mass is 79.9. The maximum absolute atomic E-state index is 5.31. The van der Waals surface area contributed by atoms with Gasteiger partial charge in [-0.25, -0.2) is 0 Å². The molecule has 0 saturated carbocycles. The van der Waals surface area contributed by atoms with Crippen LogP contribution in [-0.2, 0) is 6.42 Å². The summed E-state index contributed by atoms with van der Waals surface area (Å²) in [4.78, 5) is 0. The third-order valence-electron chi connectivity index (χ3n) is 2.54. The summed E-state index contributed by atoms with van der Waals surface area (Å²) in [5.74, 6) is 0. The molecule has 2 rings (SSSR count). The van der Waals surface area contributed by atoms with E-state index in [1.807, 2.05) is 12.1 Å². The summed E-state index contributed by atoms with van der Waals surface area (Å²) in [5.41, 5.74) is 1.95. The first-order valence-electron chi connectivity index (χ1n) is 5.35. The van der Waals surface area contributed by atoms with E-state index in [0.717, 1.165) is 27.6 Å². The third-order valence-corrected chi connectivity index (χ3v) is 3.17. The van der Waals surface area contributed by atoms with Crippen molar-refractivity contribution in [2.75, 3.05) is 0 Å². The Bertz CT molecular complexity index is 450. The normalized spacial score (nSPS) is 11.1. The Hall–Kier alpha value is -0.830. The van der Waals surface area contributed by atoms with Gasteiger partial charge in [-0.1, -0.05) is 31.0 Å². The Labute approximate surface area is 97.8 Å². The van der Waals surface area contributed by atoms with Gasteiger partial charge in [0.2, 0.25) is 0 Å². The first-order chi connectivity index (χ1) is 7.33. The molecule has 2 aromatic rings. The van der Waals surface area contributed by atoms with E-state index in [-0.39, 0.29) is 0 Å². The van der Waals surface area contributed by atoms with Crippen LogP contribution in [0.25, 0.3) is 11.0 Å². The molecule has 0 aliphatic heterocycles. The fraction of sp³-hybridized carbons (Fsp3) is 0.417. The summed E-state index contributed by atoms with van der Waals surface area (Å²) in [6.45, 7) is 2.21. The molecule has 2 nitrogen and oxygen atoms in total. The van der Waals surface area contributed by atoms with E-state index >= 15 is 0 Å². The van der Waals surface area contributed by atoms with Crippen LogP contribution in [0.4, 0.5) is 0 Å². The average Bonchev–Trinajstić information content (AvgIpc) is 2.64. The maximum Gasteiger partial charge on any atom is 0.181 e. The first-order valence-corrected chi connectivity index (χ1v) is 6.15. The SMILES string of the molecule is CCCCCc1noc2c(Br)cccc12. The van der Waals surface area contributed by atoms with E-state index in [1.165, 1.54) is 19.3 Å². The molecule has 0 spiro atoms. The van der Waals surface area contributed by atoms with Gasteiger partial charge in [0.05, 0.1) is 10.2 Å². The lowest BCUT2D eigenvalue weighted by Crippen LogP contribution is -1.85. The lowest BCUT2D eigenvalue weighted by Gasteiger charge is -1.95. The van der Waals surface area contributed by atoms with Gasteiger partial charge < -0.3 is 4.52 Å². The molecule has 0 bridgehead atoms. The molecule has 0 aliphatic carbocycles. The Kier molecular flexibility index (Phi) is 3.41. The number of hydrogen-bond donors (Lipinski definition) is 0. The number of rotatable bonds is 4. The summed E-state index contributed by atoms with van der Waals surface area (Å²) in [5, 5.41) is 5.26. The fourth-order valence-corrected chi connectivity index (χ4v) is 2.14. The summed E-state index contributed by atoms with van der Waals surface area (Å²) in [6.07, 6.45) is 4.68. The van der Waals surface area contributed by atoms with Gasteiger partial charge >= 0.3 is 0 Å². The zero-order chi connectivity index (χ0) is 10.7. The number of aromatic nitrogens is 1. The molecule has 1 heterocycles. The largest absolute Gasteiger partial charge is 0.355 e. The molecule has 0 unspecified atom stereocenters. The van der Waals surface area contributed by atoms with Crippen molar-refractivity contribution in [2.24, 2.45) is 0 Å². The summed E-state index contributed by atoms with van der Waals surface area (Å²) in [6, 6.07) is 6.06. The average molecular weight is 268 g/mol. The molecular weight excluding hydrogens is 254 g/mol. The second-order valence-corrected chi connectivity index (χ2v) is 4.56. The third kappa shape index (κ3) is 2.23. The summed E-state index contributed by atoms with van der Waals surface area (Å²) >= 11 is 3.46. The molecule has 0 amide bonds. The van der Waals surface area contributed by atoms with Gasteiger partial charge in [0.25, 0.3) is 0 Å². The van der Waals surface area contributed by atoms with Crippen molar-refractivity contribution >= 4 is 26.9 Å². The molecule has 0 N–H and O–H groups in total. The Balaban J connectivity index is 2.25. The minimum Gasteiger partial charge on any atom is -0.355 e. The topological polar surface area (TPSA) is 26.0 Å². The van der Waals surface area contributed by atoms with Gasteiger partial charge in [0, 0.05) is 5.39 Å². The van der Waals surface area contributed by atoms with Crippen molar-refractivity contribution in [1.29, 1.82) is 0 Å². The number of para-hydroxylation sites is 1. The van der Waals surface area contributed by atoms with Crippen LogP contribution in [0.5, 0.6) is 0 Å². The van der Waals surface area contributed by atoms with Crippen LogP contribution in [0.1, 0.15) is 31.9 Å². The highest BCUT2D eigenvalue weighted by Gasteiger charge is 2.09. The van der Waals surface area contributed by atoms with Crippen LogP contribution < -0.4 is 0 Å². The smallest absolute Gasteiger partial charge is 0.181 e. The number of unbranched alkanes of at least 4 members (excludes halogenated alkanes) is 2. The molecule has 15 heavy (non-hydrogen) atoms. The Morgan fingerprint density at radius 3 is 3.00 bits per heavy atom. The molecule has 80 valence electrons. The first kappa shape index (κ1) is 10.7. The molecule has 0 radical (unpaired) electrons. The summed E-state index contributed by atoms with van der Waals surface area (Å²) in [7, 11) is 0. The van der Waals surface area contributed by atoms with Gasteiger partial charge in [-0.05, 0) is 40.9 Å². The van der Waals surface area contributed by atoms with Gasteiger partial charge in [-0.3, -0.25) is 0 Å². The van der Waals surface area contributed by atoms with E-state index in [1.54, 1.807) is 0 Å². The van der Waals surface area contributed by atoms with Crippen molar-refractivity contribution in [3.63, 3.8) is 0 Å². The van der Waals surface area contributed by atoms with E-state index in [0.29, 0.717) is 0 Å². The quantitative estimate of drug-likeness (QED) is 0.771. The fourth-order valence-electron chi connectivity index (χ4n) is 1.70. The second-order valence-electron chi connectivity index (χ2n) is 3.70. The number of nitrogens with zero attached hydrogens (tertiary/aromatic N) is 1. The molecule has 0 saturated heterocycles. The molecule has 1 aromatic heterocycles. The highest BCUT2D eigenvalue weighted by Crippen LogP contribution is 2.26. The van der Waals surface area contributed by atoms with Crippen LogP contribution >= 0.6 is 15.9 Å². The maximum atomic E-state index is 5.31. The predicted octanol–water partition coefficient (Wildman–Crippen LogP) is 4.32. The molecule has 1 aromatic carbocycles. The number of fused-ring (bicyclic) bond motifs is 1. The van der Waals surface area contributed by atoms with Crippen LogP contribution in [0, 0.1) is 0 Å². The minimum absolute atomic E-state index is 0.865. The van der Waals surface area contributed by atoms with E-state index < -0.39 is 0 Å². The van der Waals surface area contributed by atoms with Crippen LogP contribution in [0.15, 0.2) is 27.2 Å². The molecule has 0 aliphatic rings. The minimum atomic E-state index is 0.865. The monoisotopic (exact) mass is 267 g/mol. The number of hydrogen-bond acceptors (Lipinski definition) is 2. The molecule has 0 fully saturated rings. The predicted molar refractivity (Wildman–Crippen MR) is 64.9 cm³/mol. The van der Waals surface area contributed by atoms with Crippen LogP contribution in [0.3, 0.4) is 0 Å². The molecular formula is C12H14BrNO. The van der Waals surface area contributed by atoms with Crippen LogP contribution in [-0.4, -0.2) is 5.16 Å². The van der Waals surface area contributed by atoms with E-state index in [2.05, 4.69) is 34.1 Å². The zero-order valence-corrected chi connectivity index (χ0v) is 10.4. The van der Waals surface area contributed by atoms with Gasteiger partial charge in [0.1, 0.15) is 0 Å². The lowest BCUT2D eigenvalue weighted by molar-refractivity contribution is 0.443. The summed E-state index contributed by atoms with van der Waals surface area (Å²) < 4.78 is 6.29. The van der Waals surface area contributed by atoms with Crippen molar-refractivity contribution in [2.45, 2.75) is 32.6 Å². The molecule has 3 heteroatoms.